The number of hydrogen-bond acceptors (Lipinski definition) is 3. The van der Waals surface area contributed by atoms with Gasteiger partial charge in [0.15, 0.2) is 5.96 Å². The number of benzene rings is 2. The molecule has 0 bridgehead atoms. The van der Waals surface area contributed by atoms with Crippen LogP contribution >= 0.6 is 0 Å². The molecule has 27 heavy (non-hydrogen) atoms. The van der Waals surface area contributed by atoms with Crippen molar-refractivity contribution in [2.45, 2.75) is 13.0 Å². The normalized spacial score (nSPS) is 11.3. The maximum Gasteiger partial charge on any atom is 0.191 e. The third-order valence-corrected chi connectivity index (χ3v) is 4.22. The lowest BCUT2D eigenvalue weighted by atomic mass is 10.1. The minimum atomic E-state index is 0.654. The molecular weight excluding hydrogens is 338 g/mol. The minimum absolute atomic E-state index is 0.654. The van der Waals surface area contributed by atoms with Crippen molar-refractivity contribution in [3.05, 3.63) is 78.1 Å². The molecule has 0 aliphatic rings. The van der Waals surface area contributed by atoms with E-state index in [2.05, 4.69) is 26.8 Å². The van der Waals surface area contributed by atoms with Gasteiger partial charge in [0.1, 0.15) is 5.75 Å². The minimum Gasteiger partial charge on any atom is -0.496 e. The fourth-order valence-electron chi connectivity index (χ4n) is 2.80. The van der Waals surface area contributed by atoms with Gasteiger partial charge in [-0.25, -0.2) is 4.68 Å². The highest BCUT2D eigenvalue weighted by Crippen LogP contribution is 2.17. The summed E-state index contributed by atoms with van der Waals surface area (Å²) in [6.07, 6.45) is 4.74. The quantitative estimate of drug-likeness (QED) is 0.500. The van der Waals surface area contributed by atoms with Crippen molar-refractivity contribution in [3.8, 4) is 11.4 Å². The zero-order chi connectivity index (χ0) is 18.9. The first-order valence-electron chi connectivity index (χ1n) is 8.95. The van der Waals surface area contributed by atoms with Crippen LogP contribution in [0.15, 0.2) is 72.0 Å². The number of methoxy groups -OCH3 is 1. The molecule has 3 rings (SSSR count). The molecule has 140 valence electrons. The van der Waals surface area contributed by atoms with E-state index >= 15 is 0 Å². The first-order valence-corrected chi connectivity index (χ1v) is 8.95. The summed E-state index contributed by atoms with van der Waals surface area (Å²) >= 11 is 0. The topological polar surface area (TPSA) is 63.5 Å². The molecule has 0 aliphatic heterocycles. The smallest absolute Gasteiger partial charge is 0.191 e. The van der Waals surface area contributed by atoms with Gasteiger partial charge in [-0.1, -0.05) is 36.4 Å². The first kappa shape index (κ1) is 18.5. The van der Waals surface area contributed by atoms with Crippen molar-refractivity contribution in [3.63, 3.8) is 0 Å². The second-order valence-electron chi connectivity index (χ2n) is 6.04. The zero-order valence-corrected chi connectivity index (χ0v) is 15.7. The number of aromatic nitrogens is 2. The molecule has 6 heteroatoms. The van der Waals surface area contributed by atoms with Gasteiger partial charge in [0.25, 0.3) is 0 Å². The number of guanidine groups is 1. The molecule has 1 aromatic heterocycles. The molecule has 0 fully saturated rings. The van der Waals surface area contributed by atoms with E-state index in [9.17, 15) is 0 Å². The number of aliphatic imine (C=N–C) groups is 1. The van der Waals surface area contributed by atoms with Crippen molar-refractivity contribution in [2.24, 2.45) is 4.99 Å². The molecule has 0 aliphatic carbocycles. The third kappa shape index (κ3) is 5.10. The Morgan fingerprint density at radius 1 is 1.07 bits per heavy atom. The molecule has 0 amide bonds. The van der Waals surface area contributed by atoms with Gasteiger partial charge in [0.05, 0.1) is 19.0 Å². The predicted octanol–water partition coefficient (Wildman–Crippen LogP) is 2.79. The average molecular weight is 363 g/mol. The van der Waals surface area contributed by atoms with E-state index in [4.69, 9.17) is 4.74 Å². The van der Waals surface area contributed by atoms with Gasteiger partial charge >= 0.3 is 0 Å². The van der Waals surface area contributed by atoms with Crippen LogP contribution < -0.4 is 15.4 Å². The zero-order valence-electron chi connectivity index (χ0n) is 15.7. The molecule has 0 atom stereocenters. The third-order valence-electron chi connectivity index (χ3n) is 4.22. The lowest BCUT2D eigenvalue weighted by Crippen LogP contribution is -2.37. The van der Waals surface area contributed by atoms with Gasteiger partial charge in [-0.05, 0) is 30.2 Å². The fourth-order valence-corrected chi connectivity index (χ4v) is 2.80. The predicted molar refractivity (Wildman–Crippen MR) is 108 cm³/mol. The molecule has 2 N–H and O–H groups in total. The molecule has 0 spiro atoms. The highest BCUT2D eigenvalue weighted by Gasteiger charge is 2.04. The van der Waals surface area contributed by atoms with Crippen LogP contribution in [-0.4, -0.2) is 36.4 Å². The summed E-state index contributed by atoms with van der Waals surface area (Å²) in [5.74, 6) is 1.67. The number of nitrogens with zero attached hydrogens (tertiary/aromatic N) is 3. The van der Waals surface area contributed by atoms with Gasteiger partial charge in [0, 0.05) is 31.9 Å². The largest absolute Gasteiger partial charge is 0.496 e. The summed E-state index contributed by atoms with van der Waals surface area (Å²) in [4.78, 5) is 4.28. The maximum atomic E-state index is 5.39. The van der Waals surface area contributed by atoms with E-state index in [0.29, 0.717) is 6.54 Å². The molecule has 1 heterocycles. The maximum absolute atomic E-state index is 5.39. The van der Waals surface area contributed by atoms with Crippen LogP contribution in [0.2, 0.25) is 0 Å². The van der Waals surface area contributed by atoms with Crippen molar-refractivity contribution >= 4 is 5.96 Å². The van der Waals surface area contributed by atoms with E-state index in [1.807, 2.05) is 65.6 Å². The van der Waals surface area contributed by atoms with Crippen molar-refractivity contribution in [2.75, 3.05) is 20.7 Å². The standard InChI is InChI=1S/C21H25N5O/c1-22-21(23-13-12-18-8-6-7-11-20(18)27-2)24-14-17-15-25-26(16-17)19-9-4-3-5-10-19/h3-11,15-16H,12-14H2,1-2H3,(H2,22,23,24). The highest BCUT2D eigenvalue weighted by atomic mass is 16.5. The van der Waals surface area contributed by atoms with E-state index in [0.717, 1.165) is 35.9 Å². The molecule has 2 aromatic carbocycles. The number of rotatable bonds is 7. The summed E-state index contributed by atoms with van der Waals surface area (Å²) in [7, 11) is 3.47. The van der Waals surface area contributed by atoms with Crippen molar-refractivity contribution < 1.29 is 4.74 Å². The van der Waals surface area contributed by atoms with Crippen LogP contribution in [0.5, 0.6) is 5.75 Å². The van der Waals surface area contributed by atoms with Crippen molar-refractivity contribution in [1.29, 1.82) is 0 Å². The van der Waals surface area contributed by atoms with Crippen LogP contribution in [0.25, 0.3) is 5.69 Å². The lowest BCUT2D eigenvalue weighted by molar-refractivity contribution is 0.409. The Bertz CT molecular complexity index is 873. The molecule has 3 aromatic rings. The summed E-state index contributed by atoms with van der Waals surface area (Å²) in [6.45, 7) is 1.42. The van der Waals surface area contributed by atoms with E-state index in [-0.39, 0.29) is 0 Å². The van der Waals surface area contributed by atoms with E-state index in [1.54, 1.807) is 14.2 Å². The Morgan fingerprint density at radius 2 is 1.85 bits per heavy atom. The Hall–Kier alpha value is -3.28. The van der Waals surface area contributed by atoms with Crippen LogP contribution in [0.4, 0.5) is 0 Å². The molecule has 0 saturated carbocycles. The molecule has 0 radical (unpaired) electrons. The monoisotopic (exact) mass is 363 g/mol. The first-order chi connectivity index (χ1) is 13.3. The number of hydrogen-bond donors (Lipinski definition) is 2. The summed E-state index contributed by atoms with van der Waals surface area (Å²) in [5.41, 5.74) is 3.31. The fraction of sp³-hybridized carbons (Fsp3) is 0.238. The number of para-hydroxylation sites is 2. The summed E-state index contributed by atoms with van der Waals surface area (Å²) in [5, 5.41) is 11.1. The highest BCUT2D eigenvalue weighted by molar-refractivity contribution is 5.79. The number of ether oxygens (including phenoxy) is 1. The average Bonchev–Trinajstić information content (AvgIpc) is 3.20. The molecular formula is C21H25N5O. The van der Waals surface area contributed by atoms with Crippen LogP contribution in [0, 0.1) is 0 Å². The Kier molecular flexibility index (Phi) is 6.46. The molecule has 0 saturated heterocycles. The van der Waals surface area contributed by atoms with Gasteiger partial charge in [-0.2, -0.15) is 5.10 Å². The van der Waals surface area contributed by atoms with Crippen LogP contribution in [0.3, 0.4) is 0 Å². The van der Waals surface area contributed by atoms with Crippen molar-refractivity contribution in [1.82, 2.24) is 20.4 Å². The summed E-state index contributed by atoms with van der Waals surface area (Å²) in [6, 6.07) is 18.1. The van der Waals surface area contributed by atoms with E-state index in [1.165, 1.54) is 5.56 Å². The lowest BCUT2D eigenvalue weighted by Gasteiger charge is -2.12. The number of nitrogens with one attached hydrogen (secondary N) is 2. The summed E-state index contributed by atoms with van der Waals surface area (Å²) < 4.78 is 7.26. The second kappa shape index (κ2) is 9.43. The SMILES string of the molecule is CN=C(NCCc1ccccc1OC)NCc1cnn(-c2ccccc2)c1. The van der Waals surface area contributed by atoms with Gasteiger partial charge in [-0.15, -0.1) is 0 Å². The molecule has 0 unspecified atom stereocenters. The Labute approximate surface area is 159 Å². The Morgan fingerprint density at radius 3 is 2.63 bits per heavy atom. The van der Waals surface area contributed by atoms with Crippen LogP contribution in [0.1, 0.15) is 11.1 Å². The van der Waals surface area contributed by atoms with E-state index < -0.39 is 0 Å². The van der Waals surface area contributed by atoms with Gasteiger partial charge in [0.2, 0.25) is 0 Å². The molecule has 6 nitrogen and oxygen atoms in total. The second-order valence-corrected chi connectivity index (χ2v) is 6.04. The van der Waals surface area contributed by atoms with Gasteiger partial charge < -0.3 is 15.4 Å². The van der Waals surface area contributed by atoms with Gasteiger partial charge in [-0.3, -0.25) is 4.99 Å². The van der Waals surface area contributed by atoms with Crippen LogP contribution in [-0.2, 0) is 13.0 Å². The Balaban J connectivity index is 1.49.